The highest BCUT2D eigenvalue weighted by Gasteiger charge is 2.71. The van der Waals surface area contributed by atoms with Gasteiger partial charge in [-0.15, -0.1) is 0 Å². The molecule has 7 atom stereocenters. The predicted molar refractivity (Wildman–Crippen MR) is 154 cm³/mol. The van der Waals surface area contributed by atoms with Gasteiger partial charge in [0.15, 0.2) is 0 Å². The number of hydrogen-bond acceptors (Lipinski definition) is 6. The van der Waals surface area contributed by atoms with Gasteiger partial charge in [0.1, 0.15) is 5.75 Å². The van der Waals surface area contributed by atoms with Gasteiger partial charge in [-0.3, -0.25) is 0 Å². The zero-order valence-corrected chi connectivity index (χ0v) is 23.8. The Hall–Kier alpha value is -2.84. The first-order valence-electron chi connectivity index (χ1n) is 13.8. The van der Waals surface area contributed by atoms with E-state index in [4.69, 9.17) is 9.47 Å². The molecule has 3 aromatic rings. The topological polar surface area (TPSA) is 87.3 Å². The summed E-state index contributed by atoms with van der Waals surface area (Å²) in [5, 5.41) is 37.2. The number of aliphatic hydroxyl groups is 3. The van der Waals surface area contributed by atoms with Gasteiger partial charge in [-0.05, 0) is 70.4 Å². The number of benzene rings is 2. The molecule has 5 rings (SSSR count). The first-order valence-corrected chi connectivity index (χ1v) is 13.8. The summed E-state index contributed by atoms with van der Waals surface area (Å²) in [4.78, 5) is 2.20. The van der Waals surface area contributed by atoms with Gasteiger partial charge in [-0.2, -0.15) is 0 Å². The van der Waals surface area contributed by atoms with Gasteiger partial charge in [0.25, 0.3) is 0 Å². The summed E-state index contributed by atoms with van der Waals surface area (Å²) >= 11 is 0. The molecule has 1 saturated heterocycles. The third kappa shape index (κ3) is 4.27. The maximum Gasteiger partial charge on any atom is 0.119 e. The standard InChI is InChI=1S/C32H42N2O5/c1-20(2)11-16-27(36)31(3)29-28(39-6)26(35)17-18-32(29,37)30(34(31)21-12-14-22(38-5)15-13-21)24-19-33(4)25-10-8-7-9-23(24)25/h7-15,19,26-30,35-37H,16-18H2,1-6H3/t26?,27-,28?,29-,30?,31?,32?/m1/s1. The Balaban J connectivity index is 1.82. The Morgan fingerprint density at radius 2 is 1.82 bits per heavy atom. The lowest BCUT2D eigenvalue weighted by atomic mass is 9.63. The van der Waals surface area contributed by atoms with Crippen LogP contribution in [0.4, 0.5) is 5.69 Å². The number of hydrogen-bond donors (Lipinski definition) is 3. The van der Waals surface area contributed by atoms with Gasteiger partial charge in [-0.1, -0.05) is 29.8 Å². The van der Waals surface area contributed by atoms with Crippen molar-refractivity contribution in [1.29, 1.82) is 0 Å². The normalized spacial score (nSPS) is 31.3. The average molecular weight is 535 g/mol. The second-order valence-corrected chi connectivity index (χ2v) is 11.7. The molecule has 210 valence electrons. The number of nitrogens with zero attached hydrogens (tertiary/aromatic N) is 2. The number of allylic oxidation sites excluding steroid dienone is 1. The maximum atomic E-state index is 12.9. The van der Waals surface area contributed by atoms with E-state index in [-0.39, 0.29) is 0 Å². The SMILES string of the molecule is COc1ccc(N2C(c3cn(C)c4ccccc34)C3(O)CCC(O)C(OC)[C@@H]3C2(C)[C@H](O)CC=C(C)C)cc1. The Labute approximate surface area is 231 Å². The molecule has 0 bridgehead atoms. The fraction of sp³-hybridized carbons (Fsp3) is 0.500. The largest absolute Gasteiger partial charge is 0.497 e. The smallest absolute Gasteiger partial charge is 0.119 e. The molecule has 2 fully saturated rings. The monoisotopic (exact) mass is 534 g/mol. The number of fused-ring (bicyclic) bond motifs is 2. The first kappa shape index (κ1) is 27.7. The van der Waals surface area contributed by atoms with E-state index in [9.17, 15) is 15.3 Å². The minimum absolute atomic E-state index is 0.379. The van der Waals surface area contributed by atoms with Crippen molar-refractivity contribution in [3.05, 3.63) is 71.9 Å². The van der Waals surface area contributed by atoms with Gasteiger partial charge in [0, 0.05) is 48.4 Å². The molecule has 2 aromatic carbocycles. The molecule has 2 heterocycles. The highest BCUT2D eigenvalue weighted by Crippen LogP contribution is 2.62. The van der Waals surface area contributed by atoms with Crippen LogP contribution in [0.2, 0.25) is 0 Å². The quantitative estimate of drug-likeness (QED) is 0.380. The van der Waals surface area contributed by atoms with Gasteiger partial charge >= 0.3 is 0 Å². The molecule has 0 spiro atoms. The van der Waals surface area contributed by atoms with Gasteiger partial charge in [-0.25, -0.2) is 0 Å². The molecule has 0 amide bonds. The van der Waals surface area contributed by atoms with E-state index < -0.39 is 41.4 Å². The van der Waals surface area contributed by atoms with Crippen molar-refractivity contribution in [3.63, 3.8) is 0 Å². The van der Waals surface area contributed by atoms with Crippen LogP contribution in [0, 0.1) is 5.92 Å². The zero-order valence-electron chi connectivity index (χ0n) is 23.8. The predicted octanol–water partition coefficient (Wildman–Crippen LogP) is 4.74. The summed E-state index contributed by atoms with van der Waals surface area (Å²) < 4.78 is 13.5. The second-order valence-electron chi connectivity index (χ2n) is 11.7. The van der Waals surface area contributed by atoms with Crippen molar-refractivity contribution in [2.45, 2.75) is 75.5 Å². The number of aliphatic hydroxyl groups excluding tert-OH is 2. The molecule has 1 saturated carbocycles. The van der Waals surface area contributed by atoms with E-state index in [1.54, 1.807) is 14.2 Å². The third-order valence-corrected chi connectivity index (χ3v) is 9.24. The molecule has 7 nitrogen and oxygen atoms in total. The molecular formula is C32H42N2O5. The molecule has 1 aromatic heterocycles. The molecule has 5 unspecified atom stereocenters. The lowest BCUT2D eigenvalue weighted by Crippen LogP contribution is -2.63. The van der Waals surface area contributed by atoms with E-state index in [0.717, 1.165) is 33.5 Å². The van der Waals surface area contributed by atoms with Gasteiger partial charge < -0.3 is 34.3 Å². The van der Waals surface area contributed by atoms with Crippen LogP contribution in [0.15, 0.2) is 66.4 Å². The molecule has 2 aliphatic rings. The van der Waals surface area contributed by atoms with Crippen molar-refractivity contribution in [2.75, 3.05) is 19.1 Å². The van der Waals surface area contributed by atoms with Crippen molar-refractivity contribution < 1.29 is 24.8 Å². The highest BCUT2D eigenvalue weighted by molar-refractivity contribution is 5.85. The van der Waals surface area contributed by atoms with Crippen LogP contribution in [0.25, 0.3) is 10.9 Å². The fourth-order valence-electron chi connectivity index (χ4n) is 7.42. The number of aryl methyl sites for hydroxylation is 1. The Morgan fingerprint density at radius 1 is 1.13 bits per heavy atom. The zero-order chi connectivity index (χ0) is 28.1. The van der Waals surface area contributed by atoms with Crippen LogP contribution >= 0.6 is 0 Å². The highest BCUT2D eigenvalue weighted by atomic mass is 16.5. The number of para-hydroxylation sites is 1. The summed E-state index contributed by atoms with van der Waals surface area (Å²) in [6.45, 7) is 6.05. The number of aromatic nitrogens is 1. The van der Waals surface area contributed by atoms with E-state index in [2.05, 4.69) is 27.8 Å². The van der Waals surface area contributed by atoms with Crippen LogP contribution in [-0.4, -0.2) is 63.6 Å². The van der Waals surface area contributed by atoms with Crippen molar-refractivity contribution >= 4 is 16.6 Å². The first-order chi connectivity index (χ1) is 18.6. The minimum atomic E-state index is -1.29. The van der Waals surface area contributed by atoms with E-state index in [1.165, 1.54) is 0 Å². The van der Waals surface area contributed by atoms with E-state index in [0.29, 0.717) is 19.3 Å². The number of anilines is 1. The van der Waals surface area contributed by atoms with Crippen molar-refractivity contribution in [3.8, 4) is 5.75 Å². The van der Waals surface area contributed by atoms with E-state index >= 15 is 0 Å². The van der Waals surface area contributed by atoms with Crippen molar-refractivity contribution in [1.82, 2.24) is 4.57 Å². The van der Waals surface area contributed by atoms with Crippen molar-refractivity contribution in [2.24, 2.45) is 13.0 Å². The number of methoxy groups -OCH3 is 2. The summed E-state index contributed by atoms with van der Waals surface area (Å²) in [6, 6.07) is 15.5. The lowest BCUT2D eigenvalue weighted by molar-refractivity contribution is -0.171. The molecular weight excluding hydrogens is 492 g/mol. The molecule has 0 radical (unpaired) electrons. The number of ether oxygens (including phenoxy) is 2. The Bertz CT molecular complexity index is 1350. The second kappa shape index (κ2) is 10.3. The van der Waals surface area contributed by atoms with Gasteiger partial charge in [0.2, 0.25) is 0 Å². The van der Waals surface area contributed by atoms with E-state index in [1.807, 2.05) is 70.3 Å². The Morgan fingerprint density at radius 3 is 2.46 bits per heavy atom. The van der Waals surface area contributed by atoms with Crippen LogP contribution < -0.4 is 9.64 Å². The molecule has 39 heavy (non-hydrogen) atoms. The summed E-state index contributed by atoms with van der Waals surface area (Å²) in [7, 11) is 5.25. The molecule has 1 aliphatic heterocycles. The fourth-order valence-corrected chi connectivity index (χ4v) is 7.42. The summed E-state index contributed by atoms with van der Waals surface area (Å²) in [5.74, 6) is 0.151. The number of rotatable bonds is 7. The summed E-state index contributed by atoms with van der Waals surface area (Å²) in [6.07, 6.45) is 3.07. The molecule has 1 aliphatic carbocycles. The third-order valence-electron chi connectivity index (χ3n) is 9.24. The lowest BCUT2D eigenvalue weighted by Gasteiger charge is -2.50. The van der Waals surface area contributed by atoms with Gasteiger partial charge in [0.05, 0.1) is 42.6 Å². The summed E-state index contributed by atoms with van der Waals surface area (Å²) in [5.41, 5.74) is 1.75. The Kier molecular flexibility index (Phi) is 7.31. The maximum absolute atomic E-state index is 12.9. The van der Waals surface area contributed by atoms with Crippen LogP contribution in [0.3, 0.4) is 0 Å². The van der Waals surface area contributed by atoms with Crippen LogP contribution in [0.5, 0.6) is 5.75 Å². The molecule has 7 heteroatoms. The molecule has 3 N–H and O–H groups in total. The van der Waals surface area contributed by atoms with Crippen LogP contribution in [0.1, 0.15) is 51.6 Å². The van der Waals surface area contributed by atoms with Crippen LogP contribution in [-0.2, 0) is 11.8 Å². The minimum Gasteiger partial charge on any atom is -0.497 e. The average Bonchev–Trinajstić information content (AvgIpc) is 3.37.